The number of benzene rings is 1. The first-order valence-corrected chi connectivity index (χ1v) is 9.17. The average molecular weight is 374 g/mol. The molecule has 4 rings (SSSR count). The molecule has 0 unspecified atom stereocenters. The molecule has 1 aromatic heterocycles. The zero-order valence-electron chi connectivity index (χ0n) is 14.3. The molecule has 1 saturated heterocycles. The minimum Gasteiger partial charge on any atom is -0.481 e. The normalized spacial score (nSPS) is 24.7. The Morgan fingerprint density at radius 3 is 2.81 bits per heavy atom. The van der Waals surface area contributed by atoms with Crippen LogP contribution in [-0.2, 0) is 11.3 Å². The van der Waals surface area contributed by atoms with E-state index in [1.807, 2.05) is 35.2 Å². The van der Waals surface area contributed by atoms with Gasteiger partial charge in [0.1, 0.15) is 5.02 Å². The topological polar surface area (TPSA) is 75.4 Å². The third-order valence-electron chi connectivity index (χ3n) is 5.78. The summed E-state index contributed by atoms with van der Waals surface area (Å²) < 4.78 is 1.34. The Balaban J connectivity index is 1.62. The van der Waals surface area contributed by atoms with E-state index < -0.39 is 11.4 Å². The summed E-state index contributed by atoms with van der Waals surface area (Å²) in [6, 6.07) is 9.58. The number of anilines is 1. The molecule has 7 heteroatoms. The highest BCUT2D eigenvalue weighted by Gasteiger charge is 2.55. The second-order valence-corrected chi connectivity index (χ2v) is 7.60. The van der Waals surface area contributed by atoms with Gasteiger partial charge in [-0.05, 0) is 24.3 Å². The maximum atomic E-state index is 12.6. The first-order chi connectivity index (χ1) is 12.5. The number of carbonyl (C=O) groups is 1. The molecule has 136 valence electrons. The Morgan fingerprint density at radius 1 is 1.35 bits per heavy atom. The van der Waals surface area contributed by atoms with Crippen LogP contribution < -0.4 is 10.5 Å². The van der Waals surface area contributed by atoms with Crippen molar-refractivity contribution in [2.75, 3.05) is 18.0 Å². The number of aliphatic carboxylic acids is 1. The number of hydrogen-bond donors (Lipinski definition) is 1. The molecule has 2 aliphatic rings. The number of fused-ring (bicyclic) bond motifs is 1. The molecule has 1 aliphatic heterocycles. The smallest absolute Gasteiger partial charge is 0.311 e. The number of nitrogens with zero attached hydrogens (tertiary/aromatic N) is 3. The van der Waals surface area contributed by atoms with Crippen molar-refractivity contribution in [1.29, 1.82) is 0 Å². The van der Waals surface area contributed by atoms with Gasteiger partial charge in [0.25, 0.3) is 5.56 Å². The monoisotopic (exact) mass is 373 g/mol. The van der Waals surface area contributed by atoms with Crippen LogP contribution in [0, 0.1) is 11.3 Å². The van der Waals surface area contributed by atoms with Crippen LogP contribution in [0.3, 0.4) is 0 Å². The Bertz CT molecular complexity index is 899. The van der Waals surface area contributed by atoms with Gasteiger partial charge in [0.15, 0.2) is 0 Å². The van der Waals surface area contributed by atoms with Gasteiger partial charge in [-0.15, -0.1) is 0 Å². The molecular weight excluding hydrogens is 354 g/mol. The molecule has 0 spiro atoms. The average Bonchev–Trinajstić information content (AvgIpc) is 3.18. The molecule has 0 amide bonds. The lowest BCUT2D eigenvalue weighted by molar-refractivity contribution is -0.149. The molecule has 0 bridgehead atoms. The van der Waals surface area contributed by atoms with E-state index in [2.05, 4.69) is 5.10 Å². The summed E-state index contributed by atoms with van der Waals surface area (Å²) in [5.41, 5.74) is 0.430. The number of halogens is 1. The second-order valence-electron chi connectivity index (χ2n) is 7.22. The van der Waals surface area contributed by atoms with Crippen molar-refractivity contribution in [3.8, 4) is 0 Å². The van der Waals surface area contributed by atoms with E-state index in [4.69, 9.17) is 11.6 Å². The Hall–Kier alpha value is -2.34. The third-order valence-corrected chi connectivity index (χ3v) is 6.13. The molecule has 26 heavy (non-hydrogen) atoms. The number of carboxylic acid groups (broad SMARTS) is 1. The van der Waals surface area contributed by atoms with E-state index in [0.29, 0.717) is 31.7 Å². The summed E-state index contributed by atoms with van der Waals surface area (Å²) in [5.74, 6) is -0.646. The minimum absolute atomic E-state index is 0.0998. The Labute approximate surface area is 156 Å². The fraction of sp³-hybridized carbons (Fsp3) is 0.421. The van der Waals surface area contributed by atoms with Gasteiger partial charge >= 0.3 is 5.97 Å². The van der Waals surface area contributed by atoms with Gasteiger partial charge in [0.2, 0.25) is 0 Å². The maximum Gasteiger partial charge on any atom is 0.311 e. The van der Waals surface area contributed by atoms with Crippen LogP contribution in [0.1, 0.15) is 24.8 Å². The predicted molar refractivity (Wildman–Crippen MR) is 98.7 cm³/mol. The molecule has 2 aromatic rings. The molecule has 1 saturated carbocycles. The fourth-order valence-corrected chi connectivity index (χ4v) is 4.63. The van der Waals surface area contributed by atoms with Crippen LogP contribution in [0.4, 0.5) is 5.69 Å². The molecule has 2 fully saturated rings. The van der Waals surface area contributed by atoms with Crippen LogP contribution in [0.15, 0.2) is 41.3 Å². The fourth-order valence-electron chi connectivity index (χ4n) is 4.37. The molecule has 2 heterocycles. The zero-order chi connectivity index (χ0) is 18.3. The molecule has 1 aliphatic carbocycles. The van der Waals surface area contributed by atoms with Crippen LogP contribution in [0.5, 0.6) is 0 Å². The van der Waals surface area contributed by atoms with Gasteiger partial charge in [0.05, 0.1) is 23.8 Å². The quantitative estimate of drug-likeness (QED) is 0.891. The SMILES string of the molecule is O=C(O)[C@@]12CCC[C@H]1CN(c1cnn(Cc3ccccc3)c(=O)c1Cl)C2. The summed E-state index contributed by atoms with van der Waals surface area (Å²) in [6.07, 6.45) is 4.11. The number of carboxylic acids is 1. The number of aromatic nitrogens is 2. The first kappa shape index (κ1) is 17.1. The van der Waals surface area contributed by atoms with Gasteiger partial charge < -0.3 is 10.0 Å². The van der Waals surface area contributed by atoms with Gasteiger partial charge in [-0.3, -0.25) is 9.59 Å². The largest absolute Gasteiger partial charge is 0.481 e. The standard InChI is InChI=1S/C19H20ClN3O3/c20-16-15(22-11-14-7-4-8-19(14,12-22)18(25)26)9-21-23(17(16)24)10-13-5-2-1-3-6-13/h1-3,5-6,9,14H,4,7-8,10-12H2,(H,25,26)/t14-,19+/m0/s1. The van der Waals surface area contributed by atoms with Crippen molar-refractivity contribution >= 4 is 23.3 Å². The summed E-state index contributed by atoms with van der Waals surface area (Å²) >= 11 is 6.36. The van der Waals surface area contributed by atoms with Crippen molar-refractivity contribution in [3.05, 3.63) is 57.5 Å². The van der Waals surface area contributed by atoms with E-state index in [1.54, 1.807) is 6.20 Å². The molecular formula is C19H20ClN3O3. The van der Waals surface area contributed by atoms with Crippen molar-refractivity contribution in [2.45, 2.75) is 25.8 Å². The molecule has 1 aromatic carbocycles. The van der Waals surface area contributed by atoms with Crippen LogP contribution >= 0.6 is 11.6 Å². The lowest BCUT2D eigenvalue weighted by Crippen LogP contribution is -2.36. The van der Waals surface area contributed by atoms with Gasteiger partial charge in [-0.2, -0.15) is 5.10 Å². The number of hydrogen-bond acceptors (Lipinski definition) is 4. The number of rotatable bonds is 4. The molecule has 1 N–H and O–H groups in total. The van der Waals surface area contributed by atoms with Gasteiger partial charge in [0, 0.05) is 13.1 Å². The van der Waals surface area contributed by atoms with E-state index in [-0.39, 0.29) is 16.5 Å². The minimum atomic E-state index is -0.746. The second kappa shape index (κ2) is 6.43. The van der Waals surface area contributed by atoms with Gasteiger partial charge in [-0.25, -0.2) is 4.68 Å². The van der Waals surface area contributed by atoms with Crippen molar-refractivity contribution in [2.24, 2.45) is 11.3 Å². The Kier molecular flexibility index (Phi) is 4.23. The van der Waals surface area contributed by atoms with Crippen molar-refractivity contribution < 1.29 is 9.90 Å². The molecule has 2 atom stereocenters. The Morgan fingerprint density at radius 2 is 2.12 bits per heavy atom. The van der Waals surface area contributed by atoms with E-state index in [1.165, 1.54) is 4.68 Å². The molecule has 6 nitrogen and oxygen atoms in total. The van der Waals surface area contributed by atoms with Crippen molar-refractivity contribution in [1.82, 2.24) is 9.78 Å². The van der Waals surface area contributed by atoms with E-state index >= 15 is 0 Å². The van der Waals surface area contributed by atoms with E-state index in [9.17, 15) is 14.7 Å². The summed E-state index contributed by atoms with van der Waals surface area (Å²) in [7, 11) is 0. The highest BCUT2D eigenvalue weighted by Crippen LogP contribution is 2.50. The lowest BCUT2D eigenvalue weighted by Gasteiger charge is -2.24. The first-order valence-electron chi connectivity index (χ1n) is 8.79. The molecule has 0 radical (unpaired) electrons. The van der Waals surface area contributed by atoms with E-state index in [0.717, 1.165) is 18.4 Å². The highest BCUT2D eigenvalue weighted by atomic mass is 35.5. The summed E-state index contributed by atoms with van der Waals surface area (Å²) in [4.78, 5) is 26.4. The lowest BCUT2D eigenvalue weighted by atomic mass is 9.81. The third kappa shape index (κ3) is 2.69. The maximum absolute atomic E-state index is 12.6. The van der Waals surface area contributed by atoms with Gasteiger partial charge in [-0.1, -0.05) is 48.4 Å². The van der Waals surface area contributed by atoms with Crippen LogP contribution in [0.25, 0.3) is 0 Å². The van der Waals surface area contributed by atoms with Crippen LogP contribution in [-0.4, -0.2) is 33.9 Å². The summed E-state index contributed by atoms with van der Waals surface area (Å²) in [6.45, 7) is 1.34. The van der Waals surface area contributed by atoms with Crippen molar-refractivity contribution in [3.63, 3.8) is 0 Å². The predicted octanol–water partition coefficient (Wildman–Crippen LogP) is 2.64. The van der Waals surface area contributed by atoms with Crippen LogP contribution in [0.2, 0.25) is 5.02 Å². The zero-order valence-corrected chi connectivity index (χ0v) is 15.0. The summed E-state index contributed by atoms with van der Waals surface area (Å²) in [5, 5.41) is 14.1. The highest BCUT2D eigenvalue weighted by molar-refractivity contribution is 6.33.